The molecule has 0 saturated carbocycles. The Morgan fingerprint density at radius 3 is 2.58 bits per heavy atom. The summed E-state index contributed by atoms with van der Waals surface area (Å²) in [6, 6.07) is 17.0. The standard InChI is InChI=1S/C19H16N4O3/c1-24-15-5-7-16(8-6-15)25-12-18-21-19(23-26-18)14-4-2-3-13(11-14)17-9-10-20-22-17/h2-11H,12H2,1H3,(H,20,22). The number of ether oxygens (including phenoxy) is 2. The first-order chi connectivity index (χ1) is 12.8. The van der Waals surface area contributed by atoms with Gasteiger partial charge in [-0.05, 0) is 36.4 Å². The van der Waals surface area contributed by atoms with Crippen molar-refractivity contribution in [3.63, 3.8) is 0 Å². The number of nitrogens with one attached hydrogen (secondary N) is 1. The van der Waals surface area contributed by atoms with E-state index in [0.29, 0.717) is 17.5 Å². The van der Waals surface area contributed by atoms with Gasteiger partial charge >= 0.3 is 0 Å². The Kier molecular flexibility index (Phi) is 4.34. The van der Waals surface area contributed by atoms with Crippen molar-refractivity contribution >= 4 is 0 Å². The van der Waals surface area contributed by atoms with Gasteiger partial charge in [-0.3, -0.25) is 5.10 Å². The van der Waals surface area contributed by atoms with E-state index in [0.717, 1.165) is 22.6 Å². The van der Waals surface area contributed by atoms with Crippen LogP contribution in [0.1, 0.15) is 5.89 Å². The molecular formula is C19H16N4O3. The number of aromatic amines is 1. The van der Waals surface area contributed by atoms with Crippen molar-refractivity contribution in [3.05, 3.63) is 66.7 Å². The molecule has 2 heterocycles. The SMILES string of the molecule is COc1ccc(OCc2nc(-c3cccc(-c4ccn[nH]4)c3)no2)cc1. The molecule has 26 heavy (non-hydrogen) atoms. The fourth-order valence-electron chi connectivity index (χ4n) is 2.49. The lowest BCUT2D eigenvalue weighted by Crippen LogP contribution is -1.95. The highest BCUT2D eigenvalue weighted by molar-refractivity contribution is 5.67. The maximum absolute atomic E-state index is 5.66. The van der Waals surface area contributed by atoms with Crippen molar-refractivity contribution < 1.29 is 14.0 Å². The normalized spacial score (nSPS) is 10.7. The van der Waals surface area contributed by atoms with Crippen LogP contribution < -0.4 is 9.47 Å². The minimum Gasteiger partial charge on any atom is -0.497 e. The van der Waals surface area contributed by atoms with Gasteiger partial charge in [-0.1, -0.05) is 23.4 Å². The molecule has 0 aliphatic rings. The zero-order chi connectivity index (χ0) is 17.8. The molecule has 0 aliphatic heterocycles. The van der Waals surface area contributed by atoms with Crippen molar-refractivity contribution in [3.8, 4) is 34.1 Å². The minimum absolute atomic E-state index is 0.194. The molecule has 0 amide bonds. The summed E-state index contributed by atoms with van der Waals surface area (Å²) in [5.74, 6) is 2.39. The molecule has 0 aliphatic carbocycles. The lowest BCUT2D eigenvalue weighted by Gasteiger charge is -2.04. The smallest absolute Gasteiger partial charge is 0.264 e. The zero-order valence-electron chi connectivity index (χ0n) is 14.0. The fourth-order valence-corrected chi connectivity index (χ4v) is 2.49. The molecule has 7 heteroatoms. The van der Waals surface area contributed by atoms with Gasteiger partial charge in [0.05, 0.1) is 12.8 Å². The van der Waals surface area contributed by atoms with Gasteiger partial charge < -0.3 is 14.0 Å². The Hall–Kier alpha value is -3.61. The van der Waals surface area contributed by atoms with E-state index in [2.05, 4.69) is 20.3 Å². The predicted octanol–water partition coefficient (Wildman–Crippen LogP) is 3.71. The Labute approximate surface area is 149 Å². The summed E-state index contributed by atoms with van der Waals surface area (Å²) in [6.07, 6.45) is 1.71. The van der Waals surface area contributed by atoms with Crippen LogP contribution in [0.2, 0.25) is 0 Å². The summed E-state index contributed by atoms with van der Waals surface area (Å²) in [5, 5.41) is 10.9. The van der Waals surface area contributed by atoms with Crippen LogP contribution in [-0.4, -0.2) is 27.4 Å². The van der Waals surface area contributed by atoms with Crippen LogP contribution >= 0.6 is 0 Å². The van der Waals surface area contributed by atoms with Gasteiger partial charge in [0.25, 0.3) is 5.89 Å². The highest BCUT2D eigenvalue weighted by atomic mass is 16.5. The van der Waals surface area contributed by atoms with Crippen molar-refractivity contribution in [2.24, 2.45) is 0 Å². The third-order valence-electron chi connectivity index (χ3n) is 3.82. The molecule has 7 nitrogen and oxygen atoms in total. The van der Waals surface area contributed by atoms with E-state index in [4.69, 9.17) is 14.0 Å². The molecule has 0 fully saturated rings. The van der Waals surface area contributed by atoms with Gasteiger partial charge in [-0.15, -0.1) is 0 Å². The molecule has 2 aromatic carbocycles. The lowest BCUT2D eigenvalue weighted by molar-refractivity contribution is 0.242. The molecular weight excluding hydrogens is 332 g/mol. The third kappa shape index (κ3) is 3.41. The van der Waals surface area contributed by atoms with E-state index in [1.165, 1.54) is 0 Å². The largest absolute Gasteiger partial charge is 0.497 e. The molecule has 0 bridgehead atoms. The Bertz CT molecular complexity index is 978. The van der Waals surface area contributed by atoms with Crippen LogP contribution in [0.4, 0.5) is 0 Å². The maximum Gasteiger partial charge on any atom is 0.264 e. The molecule has 0 saturated heterocycles. The summed E-state index contributed by atoms with van der Waals surface area (Å²) in [4.78, 5) is 4.40. The number of aromatic nitrogens is 4. The van der Waals surface area contributed by atoms with Gasteiger partial charge in [0.2, 0.25) is 5.82 Å². The van der Waals surface area contributed by atoms with Crippen LogP contribution in [0, 0.1) is 0 Å². The summed E-state index contributed by atoms with van der Waals surface area (Å²) in [5.41, 5.74) is 2.79. The van der Waals surface area contributed by atoms with Gasteiger partial charge in [0.1, 0.15) is 11.5 Å². The number of hydrogen-bond acceptors (Lipinski definition) is 6. The van der Waals surface area contributed by atoms with Crippen LogP contribution in [0.3, 0.4) is 0 Å². The molecule has 0 radical (unpaired) electrons. The van der Waals surface area contributed by atoms with E-state index >= 15 is 0 Å². The minimum atomic E-state index is 0.194. The van der Waals surface area contributed by atoms with Gasteiger partial charge in [-0.25, -0.2) is 0 Å². The predicted molar refractivity (Wildman–Crippen MR) is 94.6 cm³/mol. The summed E-state index contributed by atoms with van der Waals surface area (Å²) < 4.78 is 16.1. The molecule has 4 rings (SSSR count). The summed E-state index contributed by atoms with van der Waals surface area (Å²) in [6.45, 7) is 0.194. The second-order valence-corrected chi connectivity index (χ2v) is 5.53. The molecule has 1 N–H and O–H groups in total. The monoisotopic (exact) mass is 348 g/mol. The van der Waals surface area contributed by atoms with Crippen molar-refractivity contribution in [1.29, 1.82) is 0 Å². The van der Waals surface area contributed by atoms with Crippen molar-refractivity contribution in [2.45, 2.75) is 6.61 Å². The number of nitrogens with zero attached hydrogens (tertiary/aromatic N) is 3. The highest BCUT2D eigenvalue weighted by Gasteiger charge is 2.10. The first-order valence-corrected chi connectivity index (χ1v) is 8.01. The van der Waals surface area contributed by atoms with E-state index in [1.54, 1.807) is 13.3 Å². The molecule has 130 valence electrons. The Morgan fingerprint density at radius 2 is 1.81 bits per heavy atom. The van der Waals surface area contributed by atoms with Gasteiger partial charge in [-0.2, -0.15) is 10.1 Å². The van der Waals surface area contributed by atoms with Crippen LogP contribution in [0.25, 0.3) is 22.6 Å². The Morgan fingerprint density at radius 1 is 1.00 bits per heavy atom. The van der Waals surface area contributed by atoms with Crippen LogP contribution in [-0.2, 0) is 6.61 Å². The summed E-state index contributed by atoms with van der Waals surface area (Å²) >= 11 is 0. The van der Waals surface area contributed by atoms with E-state index < -0.39 is 0 Å². The van der Waals surface area contributed by atoms with Gasteiger partial charge in [0.15, 0.2) is 6.61 Å². The van der Waals surface area contributed by atoms with Crippen molar-refractivity contribution in [1.82, 2.24) is 20.3 Å². The van der Waals surface area contributed by atoms with Crippen molar-refractivity contribution in [2.75, 3.05) is 7.11 Å². The quantitative estimate of drug-likeness (QED) is 0.571. The Balaban J connectivity index is 1.46. The average molecular weight is 348 g/mol. The lowest BCUT2D eigenvalue weighted by atomic mass is 10.1. The topological polar surface area (TPSA) is 86.1 Å². The number of methoxy groups -OCH3 is 1. The van der Waals surface area contributed by atoms with E-state index in [-0.39, 0.29) is 6.61 Å². The van der Waals surface area contributed by atoms with Gasteiger partial charge in [0, 0.05) is 17.3 Å². The number of H-pyrrole nitrogens is 1. The number of benzene rings is 2. The molecule has 4 aromatic rings. The zero-order valence-corrected chi connectivity index (χ0v) is 14.0. The second kappa shape index (κ2) is 7.10. The third-order valence-corrected chi connectivity index (χ3v) is 3.82. The first kappa shape index (κ1) is 15.9. The number of rotatable bonds is 6. The number of hydrogen-bond donors (Lipinski definition) is 1. The highest BCUT2D eigenvalue weighted by Crippen LogP contribution is 2.24. The van der Waals surface area contributed by atoms with E-state index in [9.17, 15) is 0 Å². The molecule has 2 aromatic heterocycles. The van der Waals surface area contributed by atoms with Crippen LogP contribution in [0.5, 0.6) is 11.5 Å². The molecule has 0 unspecified atom stereocenters. The molecule has 0 atom stereocenters. The maximum atomic E-state index is 5.66. The van der Waals surface area contributed by atoms with Crippen LogP contribution in [0.15, 0.2) is 65.3 Å². The fraction of sp³-hybridized carbons (Fsp3) is 0.105. The second-order valence-electron chi connectivity index (χ2n) is 5.53. The van der Waals surface area contributed by atoms with E-state index in [1.807, 2.05) is 54.6 Å². The first-order valence-electron chi connectivity index (χ1n) is 8.01. The average Bonchev–Trinajstić information content (AvgIpc) is 3.39. The summed E-state index contributed by atoms with van der Waals surface area (Å²) in [7, 11) is 1.62. The molecule has 0 spiro atoms.